The molecule has 22 heavy (non-hydrogen) atoms. The first-order valence-corrected chi connectivity index (χ1v) is 9.69. The maximum Gasteiger partial charge on any atom is 0.331 e. The molecule has 0 aromatic rings. The molecule has 124 valence electrons. The molecule has 0 aromatic carbocycles. The Morgan fingerprint density at radius 2 is 1.64 bits per heavy atom. The molecule has 0 saturated heterocycles. The molecule has 2 atom stereocenters. The number of hydrogen-bond acceptors (Lipinski definition) is 5. The molecule has 6 heteroatoms. The zero-order valence-electron chi connectivity index (χ0n) is 13.4. The van der Waals surface area contributed by atoms with Crippen LogP contribution in [0.2, 0.25) is 0 Å². The average Bonchev–Trinajstić information content (AvgIpc) is 2.19. The highest BCUT2D eigenvalue weighted by atomic mass is 32.2. The van der Waals surface area contributed by atoms with E-state index in [-0.39, 0.29) is 5.97 Å². The minimum absolute atomic E-state index is 0.323. The summed E-state index contributed by atoms with van der Waals surface area (Å²) in [6.45, 7) is 3.71. The normalized spacial score (nSPS) is 39.6. The van der Waals surface area contributed by atoms with Crippen LogP contribution in [0.15, 0.2) is 11.6 Å². The standard InChI is InChI=1S/C16H24O5S/c1-11(2)4-14(17)20-15-6-12-5-13(7-15)9-16(8-12,10-15)21-22(3,18)19/h4,12-13H,5-10H2,1-3H3. The van der Waals surface area contributed by atoms with Crippen LogP contribution in [0.1, 0.15) is 52.4 Å². The van der Waals surface area contributed by atoms with Crippen molar-refractivity contribution in [2.75, 3.05) is 6.26 Å². The fourth-order valence-electron chi connectivity index (χ4n) is 5.11. The van der Waals surface area contributed by atoms with Crippen molar-refractivity contribution < 1.29 is 22.1 Å². The molecule has 4 aliphatic rings. The van der Waals surface area contributed by atoms with E-state index in [0.29, 0.717) is 18.3 Å². The summed E-state index contributed by atoms with van der Waals surface area (Å²) in [6.07, 6.45) is 7.40. The first-order chi connectivity index (χ1) is 10.1. The first-order valence-electron chi connectivity index (χ1n) is 7.87. The Labute approximate surface area is 132 Å². The molecule has 4 aliphatic carbocycles. The minimum atomic E-state index is -3.51. The van der Waals surface area contributed by atoms with Crippen molar-refractivity contribution in [1.82, 2.24) is 0 Å². The molecule has 0 spiro atoms. The Balaban J connectivity index is 1.85. The van der Waals surface area contributed by atoms with Gasteiger partial charge in [0.25, 0.3) is 10.1 Å². The molecule has 0 aliphatic heterocycles. The lowest BCUT2D eigenvalue weighted by Crippen LogP contribution is -2.61. The van der Waals surface area contributed by atoms with E-state index in [0.717, 1.165) is 43.9 Å². The molecule has 4 fully saturated rings. The maximum absolute atomic E-state index is 12.1. The van der Waals surface area contributed by atoms with Gasteiger partial charge in [-0.25, -0.2) is 4.79 Å². The highest BCUT2D eigenvalue weighted by Gasteiger charge is 2.61. The van der Waals surface area contributed by atoms with Crippen LogP contribution < -0.4 is 0 Å². The van der Waals surface area contributed by atoms with Gasteiger partial charge in [0.05, 0.1) is 11.9 Å². The van der Waals surface area contributed by atoms with Crippen LogP contribution in [0.25, 0.3) is 0 Å². The fraction of sp³-hybridized carbons (Fsp3) is 0.812. The van der Waals surface area contributed by atoms with E-state index < -0.39 is 21.3 Å². The van der Waals surface area contributed by atoms with Crippen LogP contribution in [-0.2, 0) is 23.8 Å². The van der Waals surface area contributed by atoms with E-state index in [1.54, 1.807) is 0 Å². The van der Waals surface area contributed by atoms with Crippen molar-refractivity contribution >= 4 is 16.1 Å². The summed E-state index contributed by atoms with van der Waals surface area (Å²) in [5.41, 5.74) is -0.308. The predicted octanol–water partition coefficient (Wildman–Crippen LogP) is 2.56. The molecule has 0 radical (unpaired) electrons. The number of ether oxygens (including phenoxy) is 1. The lowest BCUT2D eigenvalue weighted by atomic mass is 9.52. The van der Waals surface area contributed by atoms with Gasteiger partial charge in [-0.3, -0.25) is 4.18 Å². The lowest BCUT2D eigenvalue weighted by molar-refractivity contribution is -0.208. The van der Waals surface area contributed by atoms with E-state index in [1.165, 1.54) is 6.08 Å². The van der Waals surface area contributed by atoms with Crippen molar-refractivity contribution in [2.45, 2.75) is 63.6 Å². The summed E-state index contributed by atoms with van der Waals surface area (Å²) >= 11 is 0. The molecule has 2 unspecified atom stereocenters. The number of hydrogen-bond donors (Lipinski definition) is 0. The zero-order chi connectivity index (χ0) is 16.2. The Morgan fingerprint density at radius 3 is 2.14 bits per heavy atom. The molecule has 4 bridgehead atoms. The largest absolute Gasteiger partial charge is 0.456 e. The molecule has 0 N–H and O–H groups in total. The van der Waals surface area contributed by atoms with Gasteiger partial charge >= 0.3 is 5.97 Å². The van der Waals surface area contributed by atoms with E-state index in [2.05, 4.69) is 0 Å². The Morgan fingerprint density at radius 1 is 1.09 bits per heavy atom. The molecule has 0 amide bonds. The van der Waals surface area contributed by atoms with Crippen LogP contribution in [-0.4, -0.2) is 31.8 Å². The molecule has 0 aromatic heterocycles. The number of esters is 1. The third-order valence-electron chi connectivity index (χ3n) is 5.01. The lowest BCUT2D eigenvalue weighted by Gasteiger charge is -2.59. The molecular formula is C16H24O5S. The summed E-state index contributed by atoms with van der Waals surface area (Å²) in [6, 6.07) is 0. The van der Waals surface area contributed by atoms with Gasteiger partial charge in [0.1, 0.15) is 5.60 Å². The molecule has 4 rings (SSSR count). The van der Waals surface area contributed by atoms with Crippen molar-refractivity contribution in [3.8, 4) is 0 Å². The van der Waals surface area contributed by atoms with E-state index >= 15 is 0 Å². The second-order valence-corrected chi connectivity index (χ2v) is 9.33. The number of carbonyl (C=O) groups excluding carboxylic acids is 1. The number of rotatable bonds is 4. The van der Waals surface area contributed by atoms with Gasteiger partial charge in [-0.05, 0) is 57.8 Å². The smallest absolute Gasteiger partial charge is 0.331 e. The van der Waals surface area contributed by atoms with Gasteiger partial charge in [-0.15, -0.1) is 0 Å². The third kappa shape index (κ3) is 3.23. The molecule has 5 nitrogen and oxygen atoms in total. The second kappa shape index (κ2) is 5.06. The van der Waals surface area contributed by atoms with Crippen LogP contribution in [0, 0.1) is 11.8 Å². The highest BCUT2D eigenvalue weighted by molar-refractivity contribution is 7.86. The summed E-state index contributed by atoms with van der Waals surface area (Å²) < 4.78 is 34.6. The number of carbonyl (C=O) groups is 1. The fourth-order valence-corrected chi connectivity index (χ4v) is 5.95. The van der Waals surface area contributed by atoms with Gasteiger partial charge in [0, 0.05) is 12.5 Å². The number of allylic oxidation sites excluding steroid dienone is 1. The monoisotopic (exact) mass is 328 g/mol. The predicted molar refractivity (Wildman–Crippen MR) is 81.6 cm³/mol. The van der Waals surface area contributed by atoms with Crippen molar-refractivity contribution in [3.63, 3.8) is 0 Å². The Kier molecular flexibility index (Phi) is 3.68. The van der Waals surface area contributed by atoms with Crippen LogP contribution in [0.3, 0.4) is 0 Å². The minimum Gasteiger partial charge on any atom is -0.456 e. The van der Waals surface area contributed by atoms with Gasteiger partial charge in [-0.1, -0.05) is 5.57 Å². The van der Waals surface area contributed by atoms with E-state index in [1.807, 2.05) is 13.8 Å². The van der Waals surface area contributed by atoms with E-state index in [9.17, 15) is 13.2 Å². The third-order valence-corrected chi connectivity index (χ3v) is 5.66. The summed E-state index contributed by atoms with van der Waals surface area (Å²) in [7, 11) is -3.51. The maximum atomic E-state index is 12.1. The zero-order valence-corrected chi connectivity index (χ0v) is 14.2. The van der Waals surface area contributed by atoms with Crippen molar-refractivity contribution in [1.29, 1.82) is 0 Å². The first kappa shape index (κ1) is 16.0. The molecular weight excluding hydrogens is 304 g/mol. The highest BCUT2D eigenvalue weighted by Crippen LogP contribution is 2.60. The molecule has 0 heterocycles. The van der Waals surface area contributed by atoms with Gasteiger partial charge in [0.15, 0.2) is 0 Å². The second-order valence-electron chi connectivity index (χ2n) is 7.76. The SMILES string of the molecule is CC(C)=CC(=O)OC12CC3CC(C1)CC(OS(C)(=O)=O)(C3)C2. The summed E-state index contributed by atoms with van der Waals surface area (Å²) in [5, 5.41) is 0. The van der Waals surface area contributed by atoms with Crippen molar-refractivity contribution in [2.24, 2.45) is 11.8 Å². The molecule has 4 saturated carbocycles. The van der Waals surface area contributed by atoms with Gasteiger partial charge in [-0.2, -0.15) is 8.42 Å². The van der Waals surface area contributed by atoms with Gasteiger partial charge < -0.3 is 4.74 Å². The topological polar surface area (TPSA) is 69.7 Å². The van der Waals surface area contributed by atoms with E-state index in [4.69, 9.17) is 8.92 Å². The van der Waals surface area contributed by atoms with Crippen LogP contribution in [0.4, 0.5) is 0 Å². The Hall–Kier alpha value is -0.880. The quantitative estimate of drug-likeness (QED) is 0.451. The van der Waals surface area contributed by atoms with Crippen LogP contribution in [0.5, 0.6) is 0 Å². The van der Waals surface area contributed by atoms with Crippen molar-refractivity contribution in [3.05, 3.63) is 11.6 Å². The average molecular weight is 328 g/mol. The van der Waals surface area contributed by atoms with Crippen LogP contribution >= 0.6 is 0 Å². The Bertz CT molecular complexity index is 600. The summed E-state index contributed by atoms with van der Waals surface area (Å²) in [5.74, 6) is 0.460. The van der Waals surface area contributed by atoms with Gasteiger partial charge in [0.2, 0.25) is 0 Å². The summed E-state index contributed by atoms with van der Waals surface area (Å²) in [4.78, 5) is 12.1.